The number of rotatable bonds is 9. The van der Waals surface area contributed by atoms with Crippen molar-refractivity contribution in [1.29, 1.82) is 0 Å². The van der Waals surface area contributed by atoms with Crippen LogP contribution in [0.3, 0.4) is 0 Å². The lowest BCUT2D eigenvalue weighted by molar-refractivity contribution is -0.384. The average molecular weight is 381 g/mol. The summed E-state index contributed by atoms with van der Waals surface area (Å²) in [5.41, 5.74) is 2.94. The van der Waals surface area contributed by atoms with E-state index in [9.17, 15) is 14.9 Å². The van der Waals surface area contributed by atoms with Crippen molar-refractivity contribution in [2.24, 2.45) is 5.10 Å². The molecule has 0 fully saturated rings. The number of nitro groups is 1. The van der Waals surface area contributed by atoms with Gasteiger partial charge >= 0.3 is 0 Å². The Kier molecular flexibility index (Phi) is 7.54. The third-order valence-electron chi connectivity index (χ3n) is 3.47. The van der Waals surface area contributed by atoms with Crippen LogP contribution in [0.4, 0.5) is 5.69 Å². The number of benzene rings is 2. The van der Waals surface area contributed by atoms with Crippen LogP contribution in [0.2, 0.25) is 0 Å². The number of amides is 1. The molecule has 0 radical (unpaired) electrons. The van der Waals surface area contributed by atoms with Gasteiger partial charge in [0.15, 0.2) is 0 Å². The molecule has 0 spiro atoms. The Balaban J connectivity index is 2.08. The predicted octanol–water partition coefficient (Wildman–Crippen LogP) is 3.16. The molecule has 2 rings (SSSR count). The molecular weight excluding hydrogens is 362 g/mol. The molecular formula is C20H19N3O5. The zero-order chi connectivity index (χ0) is 20.4. The molecule has 0 aliphatic heterocycles. The molecule has 0 saturated carbocycles. The Morgan fingerprint density at radius 1 is 1.29 bits per heavy atom. The molecule has 0 heterocycles. The van der Waals surface area contributed by atoms with Crippen molar-refractivity contribution in [3.63, 3.8) is 0 Å². The summed E-state index contributed by atoms with van der Waals surface area (Å²) in [6, 6.07) is 10.6. The first-order valence-electron chi connectivity index (χ1n) is 8.46. The smallest absolute Gasteiger partial charge is 0.271 e. The molecule has 0 saturated heterocycles. The van der Waals surface area contributed by atoms with Gasteiger partial charge in [-0.1, -0.05) is 12.8 Å². The van der Waals surface area contributed by atoms with Gasteiger partial charge in [0.05, 0.1) is 17.7 Å². The van der Waals surface area contributed by atoms with Crippen molar-refractivity contribution >= 4 is 17.8 Å². The quantitative estimate of drug-likeness (QED) is 0.311. The van der Waals surface area contributed by atoms with E-state index in [-0.39, 0.29) is 12.3 Å². The zero-order valence-corrected chi connectivity index (χ0v) is 15.3. The van der Waals surface area contributed by atoms with E-state index in [0.717, 1.165) is 6.42 Å². The lowest BCUT2D eigenvalue weighted by atomic mass is 10.2. The molecule has 28 heavy (non-hydrogen) atoms. The van der Waals surface area contributed by atoms with Crippen LogP contribution >= 0.6 is 0 Å². The lowest BCUT2D eigenvalue weighted by Gasteiger charge is -2.06. The maximum atomic E-state index is 12.2. The molecule has 0 bridgehead atoms. The van der Waals surface area contributed by atoms with Gasteiger partial charge in [0, 0.05) is 23.3 Å². The minimum atomic E-state index is -0.539. The van der Waals surface area contributed by atoms with Gasteiger partial charge < -0.3 is 9.47 Å². The average Bonchev–Trinajstić information content (AvgIpc) is 2.71. The van der Waals surface area contributed by atoms with E-state index in [0.29, 0.717) is 29.2 Å². The molecule has 2 aromatic rings. The minimum absolute atomic E-state index is 0.00252. The number of nitrogens with zero attached hydrogens (tertiary/aromatic N) is 2. The van der Waals surface area contributed by atoms with E-state index in [1.54, 1.807) is 24.3 Å². The van der Waals surface area contributed by atoms with Gasteiger partial charge in [-0.3, -0.25) is 14.9 Å². The minimum Gasteiger partial charge on any atom is -0.494 e. The maximum Gasteiger partial charge on any atom is 0.271 e. The number of hydrogen-bond acceptors (Lipinski definition) is 6. The third kappa shape index (κ3) is 5.85. The van der Waals surface area contributed by atoms with Crippen LogP contribution in [0.5, 0.6) is 11.5 Å². The largest absolute Gasteiger partial charge is 0.494 e. The fraction of sp³-hybridized carbons (Fsp3) is 0.200. The first-order chi connectivity index (χ1) is 13.5. The summed E-state index contributed by atoms with van der Waals surface area (Å²) in [6.07, 6.45) is 7.31. The van der Waals surface area contributed by atoms with Crippen LogP contribution in [-0.2, 0) is 0 Å². The van der Waals surface area contributed by atoms with Crippen molar-refractivity contribution in [3.8, 4) is 23.8 Å². The molecule has 8 nitrogen and oxygen atoms in total. The number of ether oxygens (including phenoxy) is 2. The number of nitrogens with one attached hydrogen (secondary N) is 1. The van der Waals surface area contributed by atoms with Gasteiger partial charge in [0.25, 0.3) is 11.6 Å². The van der Waals surface area contributed by atoms with Gasteiger partial charge in [0.1, 0.15) is 18.1 Å². The van der Waals surface area contributed by atoms with Crippen LogP contribution in [0.15, 0.2) is 47.6 Å². The van der Waals surface area contributed by atoms with Crippen molar-refractivity contribution < 1.29 is 19.2 Å². The molecule has 1 N–H and O–H groups in total. The monoisotopic (exact) mass is 381 g/mol. The number of terminal acetylenes is 1. The van der Waals surface area contributed by atoms with Crippen LogP contribution in [0.1, 0.15) is 29.3 Å². The standard InChI is InChI=1S/C20H19N3O5/c1-3-11-27-18-8-5-15(6-9-18)20(24)22-21-14-16-13-17(23(25)26)7-10-19(16)28-12-4-2/h2,5-10,13-14H,3,11-12H2,1H3,(H,22,24)/b21-14+. The Morgan fingerprint density at radius 3 is 2.68 bits per heavy atom. The number of carbonyl (C=O) groups is 1. The third-order valence-corrected chi connectivity index (χ3v) is 3.47. The summed E-state index contributed by atoms with van der Waals surface area (Å²) < 4.78 is 10.8. The predicted molar refractivity (Wildman–Crippen MR) is 105 cm³/mol. The lowest BCUT2D eigenvalue weighted by Crippen LogP contribution is -2.17. The van der Waals surface area contributed by atoms with Crippen molar-refractivity contribution in [2.75, 3.05) is 13.2 Å². The highest BCUT2D eigenvalue weighted by Gasteiger charge is 2.11. The fourth-order valence-electron chi connectivity index (χ4n) is 2.15. The van der Waals surface area contributed by atoms with Crippen molar-refractivity contribution in [3.05, 3.63) is 63.7 Å². The van der Waals surface area contributed by atoms with Crippen LogP contribution in [0.25, 0.3) is 0 Å². The summed E-state index contributed by atoms with van der Waals surface area (Å²) in [5, 5.41) is 14.8. The molecule has 144 valence electrons. The molecule has 8 heteroatoms. The second-order valence-electron chi connectivity index (χ2n) is 5.54. The molecule has 0 unspecified atom stereocenters. The van der Waals surface area contributed by atoms with Gasteiger partial charge in [-0.15, -0.1) is 6.42 Å². The van der Waals surface area contributed by atoms with E-state index in [1.165, 1.54) is 24.4 Å². The number of hydrazone groups is 1. The molecule has 1 amide bonds. The van der Waals surface area contributed by atoms with Gasteiger partial charge in [-0.2, -0.15) is 5.10 Å². The topological polar surface area (TPSA) is 103 Å². The van der Waals surface area contributed by atoms with Crippen molar-refractivity contribution in [2.45, 2.75) is 13.3 Å². The highest BCUT2D eigenvalue weighted by Crippen LogP contribution is 2.22. The summed E-state index contributed by atoms with van der Waals surface area (Å²) in [7, 11) is 0. The van der Waals surface area contributed by atoms with Crippen LogP contribution in [0, 0.1) is 22.5 Å². The second-order valence-corrected chi connectivity index (χ2v) is 5.54. The molecule has 0 aliphatic carbocycles. The van der Waals surface area contributed by atoms with E-state index < -0.39 is 10.8 Å². The summed E-state index contributed by atoms with van der Waals surface area (Å²) in [4.78, 5) is 22.6. The Hall–Kier alpha value is -3.86. The normalized spacial score (nSPS) is 10.3. The number of carbonyl (C=O) groups excluding carboxylic acids is 1. The Labute approximate surface area is 162 Å². The number of non-ortho nitro benzene ring substituents is 1. The van der Waals surface area contributed by atoms with Gasteiger partial charge in [0.2, 0.25) is 0 Å². The SMILES string of the molecule is C#CCOc1ccc([N+](=O)[O-])cc1/C=N/NC(=O)c1ccc(OCCC)cc1. The van der Waals surface area contributed by atoms with Crippen LogP contribution < -0.4 is 14.9 Å². The highest BCUT2D eigenvalue weighted by atomic mass is 16.6. The Bertz CT molecular complexity index is 901. The van der Waals surface area contributed by atoms with Gasteiger partial charge in [-0.25, -0.2) is 5.43 Å². The van der Waals surface area contributed by atoms with E-state index in [2.05, 4.69) is 16.4 Å². The molecule has 2 aromatic carbocycles. The Morgan fingerprint density at radius 2 is 2.04 bits per heavy atom. The second kappa shape index (κ2) is 10.3. The van der Waals surface area contributed by atoms with E-state index in [4.69, 9.17) is 15.9 Å². The molecule has 0 aliphatic rings. The van der Waals surface area contributed by atoms with Crippen molar-refractivity contribution in [1.82, 2.24) is 5.43 Å². The first kappa shape index (κ1) is 20.5. The highest BCUT2D eigenvalue weighted by molar-refractivity contribution is 5.95. The van der Waals surface area contributed by atoms with E-state index in [1.807, 2.05) is 6.92 Å². The first-order valence-corrected chi connectivity index (χ1v) is 8.46. The molecule has 0 aromatic heterocycles. The summed E-state index contributed by atoms with van der Waals surface area (Å²) in [5.74, 6) is 2.87. The van der Waals surface area contributed by atoms with E-state index >= 15 is 0 Å². The van der Waals surface area contributed by atoms with Gasteiger partial charge in [-0.05, 0) is 36.8 Å². The zero-order valence-electron chi connectivity index (χ0n) is 15.3. The summed E-state index contributed by atoms with van der Waals surface area (Å²) >= 11 is 0. The maximum absolute atomic E-state index is 12.2. The molecule has 0 atom stereocenters. The number of hydrogen-bond donors (Lipinski definition) is 1. The van der Waals surface area contributed by atoms with Crippen LogP contribution in [-0.4, -0.2) is 30.3 Å². The fourth-order valence-corrected chi connectivity index (χ4v) is 2.15. The summed E-state index contributed by atoms with van der Waals surface area (Å²) in [6.45, 7) is 2.60. The number of nitro benzene ring substituents is 1.